The summed E-state index contributed by atoms with van der Waals surface area (Å²) in [5, 5.41) is 28.5. The third-order valence-electron chi connectivity index (χ3n) is 6.24. The second-order valence-corrected chi connectivity index (χ2v) is 10.3. The highest BCUT2D eigenvalue weighted by atomic mass is 127. The minimum Gasteiger partial charge on any atom is -0.387 e. The molecule has 0 aliphatic carbocycles. The largest absolute Gasteiger partial charge is 0.387 e. The van der Waals surface area contributed by atoms with Gasteiger partial charge in [0.2, 0.25) is 0 Å². The summed E-state index contributed by atoms with van der Waals surface area (Å²) in [7, 11) is 0. The van der Waals surface area contributed by atoms with Crippen LogP contribution in [-0.2, 0) is 22.6 Å². The number of benzene rings is 1. The van der Waals surface area contributed by atoms with Crippen molar-refractivity contribution in [3.8, 4) is 5.82 Å². The fraction of sp³-hybridized carbons (Fsp3) is 0.296. The lowest BCUT2D eigenvalue weighted by Crippen LogP contribution is -2.37. The van der Waals surface area contributed by atoms with Gasteiger partial charge >= 0.3 is 0 Å². The maximum Gasteiger partial charge on any atom is 0.169 e. The van der Waals surface area contributed by atoms with Crippen molar-refractivity contribution in [1.82, 2.24) is 24.7 Å². The number of aliphatic hydroxyl groups is 2. The van der Waals surface area contributed by atoms with E-state index in [1.54, 1.807) is 45.6 Å². The number of aliphatic imine (C=N–C) groups is 1. The Bertz CT molecular complexity index is 1460. The molecule has 41 heavy (non-hydrogen) atoms. The number of aliphatic hydroxyl groups excluding tert-OH is 2. The minimum atomic E-state index is -1.25. The van der Waals surface area contributed by atoms with Gasteiger partial charge in [-0.05, 0) is 42.3 Å². The first kappa shape index (κ1) is 28.9. The number of hydrogen-bond acceptors (Lipinski definition) is 11. The molecule has 3 aromatic heterocycles. The Morgan fingerprint density at radius 2 is 2.05 bits per heavy atom. The van der Waals surface area contributed by atoms with E-state index in [2.05, 4.69) is 53.2 Å². The number of nitrogens with zero attached hydrogens (tertiary/aromatic N) is 7. The Hall–Kier alpha value is -3.57. The average molecular weight is 674 g/mol. The van der Waals surface area contributed by atoms with Gasteiger partial charge in [-0.25, -0.2) is 24.0 Å². The standard InChI is InChI=1S/C27H28FIN8O4/c1-2-30-22-25(32-16-33-26(22)36(29)13-17-5-3-6-19(28)11-17)35-27-24(39)23(38)20(41-27)15-40-14-18-7-8-21(31-12-18)37-10-4-9-34-37/h2-12,16,20,23-24,27,38-39H,13-15H2,1H3,(H,32,33,35)/b30-2-/t20-,23-,24-,27-/m1/s1. The normalized spacial score (nSPS) is 20.5. The number of pyridine rings is 1. The van der Waals surface area contributed by atoms with Crippen molar-refractivity contribution < 1.29 is 24.1 Å². The summed E-state index contributed by atoms with van der Waals surface area (Å²) in [4.78, 5) is 17.5. The molecule has 0 spiro atoms. The fourth-order valence-corrected chi connectivity index (χ4v) is 4.99. The van der Waals surface area contributed by atoms with E-state index in [4.69, 9.17) is 9.47 Å². The van der Waals surface area contributed by atoms with E-state index in [1.165, 1.54) is 18.5 Å². The summed E-state index contributed by atoms with van der Waals surface area (Å²) in [5.74, 6) is 1.14. The van der Waals surface area contributed by atoms with Crippen molar-refractivity contribution in [3.63, 3.8) is 0 Å². The molecule has 4 atom stereocenters. The highest BCUT2D eigenvalue weighted by molar-refractivity contribution is 14.1. The van der Waals surface area contributed by atoms with Crippen LogP contribution in [0.5, 0.6) is 0 Å². The van der Waals surface area contributed by atoms with Crippen LogP contribution < -0.4 is 8.43 Å². The van der Waals surface area contributed by atoms with Crippen LogP contribution in [0.1, 0.15) is 18.1 Å². The Kier molecular flexibility index (Phi) is 9.45. The molecular weight excluding hydrogens is 646 g/mol. The van der Waals surface area contributed by atoms with Gasteiger partial charge in [0.15, 0.2) is 23.7 Å². The number of anilines is 2. The molecule has 5 rings (SSSR count). The molecule has 12 nitrogen and oxygen atoms in total. The SMILES string of the molecule is C/C=N\c1c(N[C@@H]2O[C@H](COCc3ccc(-n4cccn4)nc3)[C@@H](O)[C@H]2O)ncnc1N(I)Cc1cccc(F)c1. The van der Waals surface area contributed by atoms with E-state index >= 15 is 0 Å². The van der Waals surface area contributed by atoms with Crippen molar-refractivity contribution in [2.45, 2.75) is 44.6 Å². The van der Waals surface area contributed by atoms with Gasteiger partial charge in [-0.15, -0.1) is 0 Å². The van der Waals surface area contributed by atoms with Crippen molar-refractivity contribution in [2.24, 2.45) is 4.99 Å². The van der Waals surface area contributed by atoms with Crippen LogP contribution in [-0.4, -0.2) is 72.3 Å². The number of ether oxygens (including phenoxy) is 2. The molecule has 0 bridgehead atoms. The highest BCUT2D eigenvalue weighted by Gasteiger charge is 2.43. The van der Waals surface area contributed by atoms with E-state index in [0.717, 1.165) is 11.1 Å². The summed E-state index contributed by atoms with van der Waals surface area (Å²) < 4.78 is 28.8. The Balaban J connectivity index is 1.21. The molecule has 1 aliphatic rings. The van der Waals surface area contributed by atoms with Crippen LogP contribution in [0, 0.1) is 5.82 Å². The van der Waals surface area contributed by atoms with Crippen molar-refractivity contribution in [2.75, 3.05) is 15.0 Å². The molecule has 0 unspecified atom stereocenters. The molecule has 3 N–H and O–H groups in total. The molecule has 14 heteroatoms. The molecule has 4 aromatic rings. The molecule has 1 aliphatic heterocycles. The Morgan fingerprint density at radius 3 is 2.78 bits per heavy atom. The van der Waals surface area contributed by atoms with Gasteiger partial charge in [0, 0.05) is 24.8 Å². The Labute approximate surface area is 249 Å². The molecule has 1 saturated heterocycles. The molecular formula is C27H28FIN8O4. The summed E-state index contributed by atoms with van der Waals surface area (Å²) in [6.07, 6.45) is 3.91. The van der Waals surface area contributed by atoms with E-state index in [9.17, 15) is 14.6 Å². The van der Waals surface area contributed by atoms with E-state index in [1.807, 2.05) is 24.3 Å². The maximum absolute atomic E-state index is 13.7. The third kappa shape index (κ3) is 7.02. The first-order chi connectivity index (χ1) is 19.9. The highest BCUT2D eigenvalue weighted by Crippen LogP contribution is 2.36. The monoisotopic (exact) mass is 674 g/mol. The summed E-state index contributed by atoms with van der Waals surface area (Å²) in [5.41, 5.74) is 1.99. The van der Waals surface area contributed by atoms with Gasteiger partial charge in [-0.3, -0.25) is 8.11 Å². The topological polar surface area (TPSA) is 143 Å². The van der Waals surface area contributed by atoms with Crippen LogP contribution in [0.25, 0.3) is 5.82 Å². The number of aromatic nitrogens is 5. The molecule has 1 fully saturated rings. The summed E-state index contributed by atoms with van der Waals surface area (Å²) in [6.45, 7) is 2.41. The van der Waals surface area contributed by atoms with Crippen molar-refractivity contribution in [1.29, 1.82) is 0 Å². The number of halogens is 2. The number of nitrogens with one attached hydrogen (secondary N) is 1. The second kappa shape index (κ2) is 13.4. The van der Waals surface area contributed by atoms with Crippen LogP contribution in [0.2, 0.25) is 0 Å². The Morgan fingerprint density at radius 1 is 1.17 bits per heavy atom. The van der Waals surface area contributed by atoms with E-state index in [-0.39, 0.29) is 19.0 Å². The molecule has 0 amide bonds. The molecule has 1 aromatic carbocycles. The molecule has 4 heterocycles. The van der Waals surface area contributed by atoms with Crippen LogP contribution in [0.4, 0.5) is 21.7 Å². The van der Waals surface area contributed by atoms with Gasteiger partial charge < -0.3 is 25.0 Å². The number of rotatable bonds is 11. The summed E-state index contributed by atoms with van der Waals surface area (Å²) in [6, 6.07) is 11.8. The van der Waals surface area contributed by atoms with E-state index < -0.39 is 24.5 Å². The lowest BCUT2D eigenvalue weighted by molar-refractivity contribution is -0.0435. The zero-order chi connectivity index (χ0) is 28.8. The zero-order valence-corrected chi connectivity index (χ0v) is 24.1. The maximum atomic E-state index is 13.7. The van der Waals surface area contributed by atoms with Gasteiger partial charge in [0.1, 0.15) is 36.1 Å². The third-order valence-corrected chi connectivity index (χ3v) is 7.04. The first-order valence-electron chi connectivity index (χ1n) is 12.7. The second-order valence-electron chi connectivity index (χ2n) is 9.14. The van der Waals surface area contributed by atoms with Crippen molar-refractivity contribution in [3.05, 3.63) is 84.3 Å². The van der Waals surface area contributed by atoms with Gasteiger partial charge in [-0.1, -0.05) is 18.2 Å². The lowest BCUT2D eigenvalue weighted by atomic mass is 10.1. The van der Waals surface area contributed by atoms with Gasteiger partial charge in [0.25, 0.3) is 0 Å². The predicted octanol–water partition coefficient (Wildman–Crippen LogP) is 3.35. The molecule has 214 valence electrons. The van der Waals surface area contributed by atoms with Gasteiger partial charge in [0.05, 0.1) is 42.6 Å². The first-order valence-corrected chi connectivity index (χ1v) is 13.7. The fourth-order valence-electron chi connectivity index (χ4n) is 4.25. The quantitative estimate of drug-likeness (QED) is 0.123. The minimum absolute atomic E-state index is 0.0431. The van der Waals surface area contributed by atoms with Crippen LogP contribution >= 0.6 is 22.9 Å². The number of hydrogen-bond donors (Lipinski definition) is 3. The molecule has 0 saturated carbocycles. The van der Waals surface area contributed by atoms with Crippen LogP contribution in [0.15, 0.2) is 72.4 Å². The average Bonchev–Trinajstić information content (AvgIpc) is 3.60. The summed E-state index contributed by atoms with van der Waals surface area (Å²) >= 11 is 2.08. The molecule has 0 radical (unpaired) electrons. The van der Waals surface area contributed by atoms with Crippen LogP contribution in [0.3, 0.4) is 0 Å². The lowest BCUT2D eigenvalue weighted by Gasteiger charge is -2.21. The van der Waals surface area contributed by atoms with E-state index in [0.29, 0.717) is 29.7 Å². The van der Waals surface area contributed by atoms with Gasteiger partial charge in [-0.2, -0.15) is 5.10 Å². The smallest absolute Gasteiger partial charge is 0.169 e. The van der Waals surface area contributed by atoms with Crippen molar-refractivity contribution >= 4 is 46.4 Å². The predicted molar refractivity (Wildman–Crippen MR) is 158 cm³/mol. The zero-order valence-electron chi connectivity index (χ0n) is 22.0.